The van der Waals surface area contributed by atoms with E-state index in [9.17, 15) is 28.8 Å². The van der Waals surface area contributed by atoms with Crippen molar-refractivity contribution in [2.75, 3.05) is 18.5 Å². The molecule has 2 N–H and O–H groups in total. The topological polar surface area (TPSA) is 144 Å². The van der Waals surface area contributed by atoms with Gasteiger partial charge < -0.3 is 15.1 Å². The molecule has 1 saturated heterocycles. The highest BCUT2D eigenvalue weighted by molar-refractivity contribution is 6.33. The molecule has 6 amide bonds. The number of rotatable bonds is 7. The number of halogens is 1. The summed E-state index contributed by atoms with van der Waals surface area (Å²) in [5, 5.41) is 5.87. The summed E-state index contributed by atoms with van der Waals surface area (Å²) in [4.78, 5) is 87.7. The van der Waals surface area contributed by atoms with Crippen LogP contribution in [0, 0.1) is 6.57 Å². The zero-order chi connectivity index (χ0) is 37.8. The summed E-state index contributed by atoms with van der Waals surface area (Å²) in [6.45, 7) is 9.10. The molecule has 0 spiro atoms. The van der Waals surface area contributed by atoms with Crippen molar-refractivity contribution in [2.24, 2.45) is 0 Å². The molecule has 0 aromatic heterocycles. The number of piperidine rings is 1. The van der Waals surface area contributed by atoms with Crippen molar-refractivity contribution in [3.8, 4) is 0 Å². The van der Waals surface area contributed by atoms with E-state index in [0.29, 0.717) is 48.5 Å². The molecule has 3 aromatic rings. The van der Waals surface area contributed by atoms with Crippen LogP contribution in [0.4, 0.5) is 11.4 Å². The third-order valence-corrected chi connectivity index (χ3v) is 11.8. The summed E-state index contributed by atoms with van der Waals surface area (Å²) in [5.41, 5.74) is 6.10. The van der Waals surface area contributed by atoms with Gasteiger partial charge in [-0.05, 0) is 90.8 Å². The normalized spacial score (nSPS) is 22.1. The van der Waals surface area contributed by atoms with Gasteiger partial charge in [-0.3, -0.25) is 43.9 Å². The first-order valence-corrected chi connectivity index (χ1v) is 18.5. The van der Waals surface area contributed by atoms with Crippen LogP contribution >= 0.6 is 11.6 Å². The second-order valence-corrected chi connectivity index (χ2v) is 15.2. The van der Waals surface area contributed by atoms with Gasteiger partial charge in [-0.25, -0.2) is 4.85 Å². The molecule has 0 bridgehead atoms. The fourth-order valence-electron chi connectivity index (χ4n) is 8.45. The molecule has 8 rings (SSSR count). The molecule has 0 radical (unpaired) electrons. The first-order chi connectivity index (χ1) is 26.0. The van der Waals surface area contributed by atoms with E-state index in [1.165, 1.54) is 0 Å². The Labute approximate surface area is 317 Å². The Hall–Kier alpha value is -5.58. The van der Waals surface area contributed by atoms with Crippen molar-refractivity contribution < 1.29 is 28.8 Å². The summed E-state index contributed by atoms with van der Waals surface area (Å²) in [6, 6.07) is 13.9. The Bertz CT molecular complexity index is 2150. The molecule has 3 aromatic carbocycles. The largest absolute Gasteiger partial charge is 0.372 e. The first-order valence-electron chi connectivity index (χ1n) is 18.2. The molecule has 1 aliphatic carbocycles. The van der Waals surface area contributed by atoms with Crippen LogP contribution in [0.5, 0.6) is 0 Å². The molecule has 14 heteroatoms. The van der Waals surface area contributed by atoms with Gasteiger partial charge in [-0.2, -0.15) is 0 Å². The number of fused-ring (bicyclic) bond motifs is 3. The minimum atomic E-state index is -1.02. The SMILES string of the molecule is [C-]#[N+]c1ccc(N(C)C2CCC(NC(=O)c3ccc4c(c3)CN(C(=O)CN3Cc5cc6c(cc5C3)C(=O)N(C3CCC(=O)NC3=O)C6=O)C4)CC2)cc1Cl. The lowest BCUT2D eigenvalue weighted by Crippen LogP contribution is -2.54. The van der Waals surface area contributed by atoms with Crippen LogP contribution in [0.25, 0.3) is 4.85 Å². The number of anilines is 1. The van der Waals surface area contributed by atoms with E-state index in [-0.39, 0.29) is 48.4 Å². The average Bonchev–Trinajstić information content (AvgIpc) is 3.84. The fraction of sp³-hybridized carbons (Fsp3) is 0.375. The number of imide groups is 2. The van der Waals surface area contributed by atoms with E-state index < -0.39 is 29.7 Å². The van der Waals surface area contributed by atoms with Gasteiger partial charge in [0.1, 0.15) is 6.04 Å². The second-order valence-electron chi connectivity index (χ2n) is 14.8. The smallest absolute Gasteiger partial charge is 0.262 e. The molecule has 2 fully saturated rings. The van der Waals surface area contributed by atoms with Gasteiger partial charge in [0.15, 0.2) is 0 Å². The number of carbonyl (C=O) groups excluding carboxylic acids is 6. The zero-order valence-corrected chi connectivity index (χ0v) is 30.4. The standard InChI is InChI=1S/C40H38ClN7O6/c1-42-33-10-9-29(16-32(33)41)45(2)28-7-5-27(6-8-28)43-37(51)22-3-4-23-19-47(20-24(23)13-22)36(50)21-46-17-25-14-30-31(15-26(25)18-46)40(54)48(39(30)53)34-11-12-35(49)44-38(34)52/h3-4,9-10,13-16,27-28,34H,5-8,11-12,17-21H2,2H3,(H,43,51)(H,44,49,52). The Morgan fingerprint density at radius 3 is 2.19 bits per heavy atom. The fourth-order valence-corrected chi connectivity index (χ4v) is 8.66. The number of nitrogens with one attached hydrogen (secondary N) is 2. The van der Waals surface area contributed by atoms with Crippen LogP contribution < -0.4 is 15.5 Å². The number of hydrogen-bond acceptors (Lipinski definition) is 8. The zero-order valence-electron chi connectivity index (χ0n) is 29.7. The van der Waals surface area contributed by atoms with E-state index in [4.69, 9.17) is 18.2 Å². The summed E-state index contributed by atoms with van der Waals surface area (Å²) < 4.78 is 0. The van der Waals surface area contributed by atoms with Crippen LogP contribution in [0.3, 0.4) is 0 Å². The summed E-state index contributed by atoms with van der Waals surface area (Å²) in [7, 11) is 2.04. The quantitative estimate of drug-likeness (QED) is 0.269. The van der Waals surface area contributed by atoms with E-state index in [2.05, 4.69) is 20.4 Å². The molecule has 1 atom stereocenters. The highest BCUT2D eigenvalue weighted by atomic mass is 35.5. The van der Waals surface area contributed by atoms with Crippen LogP contribution in [-0.2, 0) is 40.6 Å². The van der Waals surface area contributed by atoms with Crippen molar-refractivity contribution in [1.82, 2.24) is 25.3 Å². The molecule has 1 saturated carbocycles. The average molecular weight is 748 g/mol. The second kappa shape index (κ2) is 14.0. The molecule has 276 valence electrons. The Kier molecular flexibility index (Phi) is 9.19. The van der Waals surface area contributed by atoms with Crippen molar-refractivity contribution in [2.45, 2.75) is 82.8 Å². The lowest BCUT2D eigenvalue weighted by Gasteiger charge is -2.36. The monoisotopic (exact) mass is 747 g/mol. The van der Waals surface area contributed by atoms with Gasteiger partial charge in [0.05, 0.1) is 24.2 Å². The van der Waals surface area contributed by atoms with Crippen molar-refractivity contribution >= 4 is 58.4 Å². The van der Waals surface area contributed by atoms with Crippen LogP contribution in [-0.4, -0.2) is 81.9 Å². The Balaban J connectivity index is 0.830. The maximum atomic E-state index is 13.5. The summed E-state index contributed by atoms with van der Waals surface area (Å²) in [6.07, 6.45) is 3.67. The molecule has 4 heterocycles. The van der Waals surface area contributed by atoms with E-state index in [1.54, 1.807) is 23.1 Å². The third kappa shape index (κ3) is 6.50. The van der Waals surface area contributed by atoms with Crippen molar-refractivity contribution in [1.29, 1.82) is 0 Å². The molecule has 1 unspecified atom stereocenters. The number of nitrogens with zero attached hydrogens (tertiary/aromatic N) is 5. The summed E-state index contributed by atoms with van der Waals surface area (Å²) in [5.74, 6) is -2.34. The minimum absolute atomic E-state index is 0.0555. The summed E-state index contributed by atoms with van der Waals surface area (Å²) >= 11 is 6.27. The number of hydrogen-bond donors (Lipinski definition) is 2. The molecule has 4 aliphatic heterocycles. The van der Waals surface area contributed by atoms with Gasteiger partial charge in [-0.1, -0.05) is 23.7 Å². The molecule has 13 nitrogen and oxygen atoms in total. The van der Waals surface area contributed by atoms with Crippen molar-refractivity contribution in [3.05, 3.63) is 104 Å². The lowest BCUT2D eigenvalue weighted by atomic mass is 9.90. The lowest BCUT2D eigenvalue weighted by molar-refractivity contribution is -0.136. The van der Waals surface area contributed by atoms with E-state index in [0.717, 1.165) is 58.5 Å². The van der Waals surface area contributed by atoms with Gasteiger partial charge in [-0.15, -0.1) is 0 Å². The maximum Gasteiger partial charge on any atom is 0.262 e. The maximum absolute atomic E-state index is 13.5. The predicted molar refractivity (Wildman–Crippen MR) is 198 cm³/mol. The molecule has 54 heavy (non-hydrogen) atoms. The number of carbonyl (C=O) groups is 6. The highest BCUT2D eigenvalue weighted by Crippen LogP contribution is 2.35. The number of amides is 6. The van der Waals surface area contributed by atoms with Crippen LogP contribution in [0.2, 0.25) is 5.02 Å². The van der Waals surface area contributed by atoms with Gasteiger partial charge in [0.25, 0.3) is 17.7 Å². The predicted octanol–water partition coefficient (Wildman–Crippen LogP) is 4.33. The van der Waals surface area contributed by atoms with E-state index >= 15 is 0 Å². The Morgan fingerprint density at radius 1 is 0.870 bits per heavy atom. The molecular formula is C40H38ClN7O6. The van der Waals surface area contributed by atoms with E-state index in [1.807, 2.05) is 42.3 Å². The van der Waals surface area contributed by atoms with Crippen LogP contribution in [0.15, 0.2) is 48.5 Å². The highest BCUT2D eigenvalue weighted by Gasteiger charge is 2.45. The van der Waals surface area contributed by atoms with Crippen LogP contribution in [0.1, 0.15) is 91.9 Å². The number of benzene rings is 3. The molecule has 5 aliphatic rings. The third-order valence-electron chi connectivity index (χ3n) is 11.5. The van der Waals surface area contributed by atoms with Gasteiger partial charge >= 0.3 is 0 Å². The molecular weight excluding hydrogens is 710 g/mol. The van der Waals surface area contributed by atoms with Gasteiger partial charge in [0.2, 0.25) is 23.4 Å². The van der Waals surface area contributed by atoms with Gasteiger partial charge in [0, 0.05) is 68.0 Å². The minimum Gasteiger partial charge on any atom is -0.372 e. The Morgan fingerprint density at radius 2 is 1.54 bits per heavy atom. The first kappa shape index (κ1) is 35.4. The van der Waals surface area contributed by atoms with Crippen molar-refractivity contribution in [3.63, 3.8) is 0 Å².